The molecule has 2 heterocycles. The molecule has 6 rings (SSSR count). The molecule has 5 nitrogen and oxygen atoms in total. The molecule has 2 fully saturated rings. The largest absolute Gasteiger partial charge is 0.457 e. The predicted octanol–water partition coefficient (Wildman–Crippen LogP) is 15.8. The zero-order valence-corrected chi connectivity index (χ0v) is 39.1. The molecule has 5 heteroatoms. The predicted molar refractivity (Wildman–Crippen MR) is 256 cm³/mol. The Kier molecular flexibility index (Phi) is 20.1. The van der Waals surface area contributed by atoms with Crippen LogP contribution in [0.2, 0.25) is 0 Å². The second-order valence-corrected chi connectivity index (χ2v) is 19.3. The summed E-state index contributed by atoms with van der Waals surface area (Å²) >= 11 is 0. The fraction of sp³-hybridized carbons (Fsp3) is 0.643. The first kappa shape index (κ1) is 46.9. The third-order valence-electron chi connectivity index (χ3n) is 14.1. The van der Waals surface area contributed by atoms with Crippen molar-refractivity contribution < 1.29 is 4.74 Å². The van der Waals surface area contributed by atoms with Crippen LogP contribution in [-0.4, -0.2) is 19.9 Å². The molecular weight excluding hydrogens is 745 g/mol. The first-order valence-electron chi connectivity index (χ1n) is 25.6. The molecule has 0 amide bonds. The van der Waals surface area contributed by atoms with E-state index in [-0.39, 0.29) is 0 Å². The fourth-order valence-corrected chi connectivity index (χ4v) is 10.2. The van der Waals surface area contributed by atoms with Gasteiger partial charge in [-0.25, -0.2) is 19.9 Å². The molecule has 0 atom stereocenters. The van der Waals surface area contributed by atoms with Crippen LogP contribution in [0.1, 0.15) is 226 Å². The van der Waals surface area contributed by atoms with Gasteiger partial charge in [0, 0.05) is 36.6 Å². The SMILES string of the molecule is CCCCCCc1ccc(Oc2ccc(CCCCCC)cc2C[C@H]2CC[C@H](c3ncc(CCCCC)cn3)CC2)c(C[C@H]2CC[C@H](c3ncc(CCCCC)cn3)CC2)c1. The minimum atomic E-state index is 0.480. The van der Waals surface area contributed by atoms with Gasteiger partial charge in [0.1, 0.15) is 23.1 Å². The third-order valence-corrected chi connectivity index (χ3v) is 14.1. The van der Waals surface area contributed by atoms with Gasteiger partial charge in [-0.3, -0.25) is 0 Å². The summed E-state index contributed by atoms with van der Waals surface area (Å²) in [5, 5.41) is 0. The highest BCUT2D eigenvalue weighted by molar-refractivity contribution is 5.45. The number of unbranched alkanes of at least 4 members (excludes halogenated alkanes) is 10. The van der Waals surface area contributed by atoms with E-state index in [4.69, 9.17) is 24.7 Å². The Labute approximate surface area is 372 Å². The van der Waals surface area contributed by atoms with Crippen molar-refractivity contribution in [1.82, 2.24) is 19.9 Å². The molecule has 2 aliphatic carbocycles. The van der Waals surface area contributed by atoms with Gasteiger partial charge < -0.3 is 4.74 Å². The van der Waals surface area contributed by atoms with Gasteiger partial charge in [0.15, 0.2) is 0 Å². The van der Waals surface area contributed by atoms with Crippen molar-refractivity contribution in [3.63, 3.8) is 0 Å². The highest BCUT2D eigenvalue weighted by Crippen LogP contribution is 2.41. The molecule has 2 saturated carbocycles. The zero-order valence-electron chi connectivity index (χ0n) is 39.1. The lowest BCUT2D eigenvalue weighted by Crippen LogP contribution is -2.18. The molecule has 0 unspecified atom stereocenters. The molecule has 2 aromatic heterocycles. The van der Waals surface area contributed by atoms with Gasteiger partial charge >= 0.3 is 0 Å². The molecule has 0 bridgehead atoms. The summed E-state index contributed by atoms with van der Waals surface area (Å²) in [4.78, 5) is 19.5. The van der Waals surface area contributed by atoms with Gasteiger partial charge in [-0.15, -0.1) is 0 Å². The topological polar surface area (TPSA) is 60.8 Å². The van der Waals surface area contributed by atoms with Crippen LogP contribution in [-0.2, 0) is 38.5 Å². The van der Waals surface area contributed by atoms with E-state index in [1.807, 2.05) is 0 Å². The quantitative estimate of drug-likeness (QED) is 0.0590. The standard InChI is InChI=1S/C56H82N4O/c1-5-9-13-17-19-43-27-33-53(51(35-43)37-45-23-29-49(30-24-45)55-57-39-47(40-58-55)21-15-11-7-3)61-54-34-28-44(20-18-14-10-6-2)36-52(54)38-46-25-31-50(32-26-46)56-59-41-48(42-60-56)22-16-12-8-4/h27-28,33-36,39-42,45-46,49-50H,5-26,29-32,37-38H2,1-4H3/t45-,46-,49-,50-. The number of ether oxygens (including phenoxy) is 1. The second kappa shape index (κ2) is 26.1. The molecule has 4 aromatic rings. The summed E-state index contributed by atoms with van der Waals surface area (Å²) in [5.74, 6) is 6.53. The lowest BCUT2D eigenvalue weighted by atomic mass is 9.78. The van der Waals surface area contributed by atoms with Crippen LogP contribution in [0.25, 0.3) is 0 Å². The Morgan fingerprint density at radius 2 is 0.754 bits per heavy atom. The van der Waals surface area contributed by atoms with Crippen LogP contribution >= 0.6 is 0 Å². The monoisotopic (exact) mass is 827 g/mol. The molecule has 0 aliphatic heterocycles. The maximum Gasteiger partial charge on any atom is 0.131 e. The van der Waals surface area contributed by atoms with Crippen molar-refractivity contribution in [2.45, 2.75) is 219 Å². The van der Waals surface area contributed by atoms with Crippen LogP contribution in [0.4, 0.5) is 0 Å². The Morgan fingerprint density at radius 1 is 0.410 bits per heavy atom. The summed E-state index contributed by atoms with van der Waals surface area (Å²) in [6.45, 7) is 9.13. The third kappa shape index (κ3) is 15.3. The minimum absolute atomic E-state index is 0.480. The number of aryl methyl sites for hydroxylation is 4. The normalized spacial score (nSPS) is 19.3. The van der Waals surface area contributed by atoms with E-state index in [0.29, 0.717) is 23.7 Å². The van der Waals surface area contributed by atoms with Crippen LogP contribution in [0, 0.1) is 11.8 Å². The van der Waals surface area contributed by atoms with Gasteiger partial charge in [0.05, 0.1) is 0 Å². The van der Waals surface area contributed by atoms with Gasteiger partial charge in [-0.05, 0) is 173 Å². The van der Waals surface area contributed by atoms with E-state index in [9.17, 15) is 0 Å². The highest BCUT2D eigenvalue weighted by atomic mass is 16.5. The maximum absolute atomic E-state index is 7.15. The molecule has 0 spiro atoms. The van der Waals surface area contributed by atoms with Crippen LogP contribution < -0.4 is 4.74 Å². The van der Waals surface area contributed by atoms with Crippen molar-refractivity contribution in [1.29, 1.82) is 0 Å². The van der Waals surface area contributed by atoms with Crippen LogP contribution in [0.15, 0.2) is 61.2 Å². The Balaban J connectivity index is 1.13. The first-order chi connectivity index (χ1) is 30.0. The average Bonchev–Trinajstić information content (AvgIpc) is 3.29. The number of rotatable bonds is 26. The molecule has 0 radical (unpaired) electrons. The summed E-state index contributed by atoms with van der Waals surface area (Å²) in [6.07, 6.45) is 42.5. The molecule has 2 aromatic carbocycles. The number of hydrogen-bond donors (Lipinski definition) is 0. The van der Waals surface area contributed by atoms with Gasteiger partial charge in [-0.1, -0.05) is 116 Å². The van der Waals surface area contributed by atoms with Crippen molar-refractivity contribution in [2.75, 3.05) is 0 Å². The zero-order chi connectivity index (χ0) is 42.5. The Hall–Kier alpha value is -3.60. The summed E-state index contributed by atoms with van der Waals surface area (Å²) in [7, 11) is 0. The van der Waals surface area contributed by atoms with Gasteiger partial charge in [0.2, 0.25) is 0 Å². The lowest BCUT2D eigenvalue weighted by molar-refractivity contribution is 0.312. The van der Waals surface area contributed by atoms with E-state index < -0.39 is 0 Å². The van der Waals surface area contributed by atoms with Crippen molar-refractivity contribution in [3.05, 3.63) is 106 Å². The number of aromatic nitrogens is 4. The summed E-state index contributed by atoms with van der Waals surface area (Å²) < 4.78 is 7.15. The van der Waals surface area contributed by atoms with E-state index in [1.54, 1.807) is 0 Å². The van der Waals surface area contributed by atoms with Crippen molar-refractivity contribution >= 4 is 0 Å². The number of nitrogens with zero attached hydrogens (tertiary/aromatic N) is 4. The fourth-order valence-electron chi connectivity index (χ4n) is 10.2. The van der Waals surface area contributed by atoms with E-state index in [2.05, 4.69) is 88.9 Å². The number of hydrogen-bond acceptors (Lipinski definition) is 5. The maximum atomic E-state index is 7.15. The average molecular weight is 827 g/mol. The highest BCUT2D eigenvalue weighted by Gasteiger charge is 2.27. The molecule has 332 valence electrons. The van der Waals surface area contributed by atoms with E-state index in [1.165, 1.54) is 175 Å². The lowest BCUT2D eigenvalue weighted by Gasteiger charge is -2.29. The first-order valence-corrected chi connectivity index (χ1v) is 25.6. The van der Waals surface area contributed by atoms with Gasteiger partial charge in [-0.2, -0.15) is 0 Å². The van der Waals surface area contributed by atoms with E-state index in [0.717, 1.165) is 61.7 Å². The Bertz CT molecular complexity index is 1670. The van der Waals surface area contributed by atoms with Gasteiger partial charge in [0.25, 0.3) is 0 Å². The smallest absolute Gasteiger partial charge is 0.131 e. The Morgan fingerprint density at radius 3 is 1.13 bits per heavy atom. The van der Waals surface area contributed by atoms with Crippen LogP contribution in [0.3, 0.4) is 0 Å². The van der Waals surface area contributed by atoms with Crippen molar-refractivity contribution in [3.8, 4) is 11.5 Å². The number of benzene rings is 2. The molecule has 0 N–H and O–H groups in total. The van der Waals surface area contributed by atoms with Crippen LogP contribution in [0.5, 0.6) is 11.5 Å². The van der Waals surface area contributed by atoms with Crippen molar-refractivity contribution in [2.24, 2.45) is 11.8 Å². The van der Waals surface area contributed by atoms with E-state index >= 15 is 0 Å². The molecule has 61 heavy (non-hydrogen) atoms. The summed E-state index contributed by atoms with van der Waals surface area (Å²) in [6, 6.07) is 14.4. The summed E-state index contributed by atoms with van der Waals surface area (Å²) in [5.41, 5.74) is 8.30. The minimum Gasteiger partial charge on any atom is -0.457 e. The second-order valence-electron chi connectivity index (χ2n) is 19.3. The molecular formula is C56H82N4O. The molecule has 0 saturated heterocycles. The molecule has 2 aliphatic rings.